The van der Waals surface area contributed by atoms with Crippen LogP contribution in [0.15, 0.2) is 75.2 Å². The minimum absolute atomic E-state index is 0.105. The van der Waals surface area contributed by atoms with Crippen LogP contribution in [0.1, 0.15) is 5.76 Å². The number of para-hydroxylation sites is 1. The van der Waals surface area contributed by atoms with E-state index in [0.717, 1.165) is 5.69 Å². The van der Waals surface area contributed by atoms with E-state index in [1.165, 1.54) is 16.3 Å². The number of thioether (sulfide) groups is 1. The van der Waals surface area contributed by atoms with Crippen LogP contribution in [0.2, 0.25) is 0 Å². The second kappa shape index (κ2) is 8.43. The molecular weight excluding hydrogens is 430 g/mol. The molecule has 0 fully saturated rings. The number of rotatable bonds is 6. The van der Waals surface area contributed by atoms with Crippen molar-refractivity contribution in [3.8, 4) is 11.5 Å². The summed E-state index contributed by atoms with van der Waals surface area (Å²) in [4.78, 5) is 32.4. The quantitative estimate of drug-likeness (QED) is 0.329. The minimum atomic E-state index is -0.240. The van der Waals surface area contributed by atoms with Gasteiger partial charge in [-0.15, -0.1) is 0 Å². The van der Waals surface area contributed by atoms with Crippen LogP contribution < -0.4 is 19.9 Å². The number of hydrogen-bond acceptors (Lipinski definition) is 7. The van der Waals surface area contributed by atoms with Gasteiger partial charge in [0.2, 0.25) is 12.7 Å². The summed E-state index contributed by atoms with van der Waals surface area (Å²) in [7, 11) is 1.72. The summed E-state index contributed by atoms with van der Waals surface area (Å²) in [6, 6.07) is 16.3. The fourth-order valence-electron chi connectivity index (χ4n) is 3.42. The zero-order valence-electron chi connectivity index (χ0n) is 17.2. The number of anilines is 1. The average molecular weight is 449 g/mol. The molecule has 5 rings (SSSR count). The monoisotopic (exact) mass is 449 g/mol. The highest BCUT2D eigenvalue weighted by molar-refractivity contribution is 7.99. The average Bonchev–Trinajstić information content (AvgIpc) is 3.50. The van der Waals surface area contributed by atoms with Crippen LogP contribution >= 0.6 is 11.8 Å². The standard InChI is InChI=1S/C23H19N3O5S/c1-25(15-6-3-2-4-7-15)21(27)13-32-23-24-18-11-20-19(30-14-31-20)10-17(18)22(28)26(23)12-16-8-5-9-29-16/h2-11H,12-14H2,1H3. The molecule has 0 atom stereocenters. The number of furan rings is 1. The first-order valence-corrected chi connectivity index (χ1v) is 10.9. The number of carbonyl (C=O) groups excluding carboxylic acids is 1. The van der Waals surface area contributed by atoms with E-state index in [2.05, 4.69) is 4.98 Å². The fraction of sp³-hybridized carbons (Fsp3) is 0.174. The van der Waals surface area contributed by atoms with E-state index >= 15 is 0 Å². The first kappa shape index (κ1) is 20.2. The largest absolute Gasteiger partial charge is 0.467 e. The highest BCUT2D eigenvalue weighted by Crippen LogP contribution is 2.35. The topological polar surface area (TPSA) is 86.8 Å². The Morgan fingerprint density at radius 1 is 1.12 bits per heavy atom. The minimum Gasteiger partial charge on any atom is -0.467 e. The Labute approximate surface area is 187 Å². The van der Waals surface area contributed by atoms with Gasteiger partial charge in [-0.25, -0.2) is 4.98 Å². The summed E-state index contributed by atoms with van der Waals surface area (Å²) in [5, 5.41) is 0.838. The zero-order valence-corrected chi connectivity index (χ0v) is 18.0. The number of nitrogens with zero attached hydrogens (tertiary/aromatic N) is 3. The molecule has 3 heterocycles. The molecule has 9 heteroatoms. The summed E-state index contributed by atoms with van der Waals surface area (Å²) in [5.74, 6) is 1.69. The predicted octanol–water partition coefficient (Wildman–Crippen LogP) is 3.52. The maximum absolute atomic E-state index is 13.4. The Balaban J connectivity index is 1.49. The molecule has 4 aromatic rings. The SMILES string of the molecule is CN(C(=O)CSc1nc2cc3c(cc2c(=O)n1Cc1ccco1)OCO3)c1ccccc1. The molecule has 0 bridgehead atoms. The zero-order chi connectivity index (χ0) is 22.1. The first-order valence-electron chi connectivity index (χ1n) is 9.91. The molecule has 2 aromatic heterocycles. The molecule has 0 radical (unpaired) electrons. The molecule has 8 nitrogen and oxygen atoms in total. The van der Waals surface area contributed by atoms with Gasteiger partial charge in [0.1, 0.15) is 5.76 Å². The van der Waals surface area contributed by atoms with Gasteiger partial charge < -0.3 is 18.8 Å². The molecule has 0 saturated heterocycles. The molecule has 0 spiro atoms. The number of ether oxygens (including phenoxy) is 2. The van der Waals surface area contributed by atoms with Crippen LogP contribution in [-0.2, 0) is 11.3 Å². The maximum Gasteiger partial charge on any atom is 0.262 e. The smallest absolute Gasteiger partial charge is 0.262 e. The van der Waals surface area contributed by atoms with Gasteiger partial charge in [0.05, 0.1) is 29.5 Å². The third-order valence-electron chi connectivity index (χ3n) is 5.15. The second-order valence-electron chi connectivity index (χ2n) is 7.16. The third kappa shape index (κ3) is 3.82. The van der Waals surface area contributed by atoms with Crippen LogP contribution in [0.5, 0.6) is 11.5 Å². The molecule has 0 unspecified atom stereocenters. The van der Waals surface area contributed by atoms with Gasteiger partial charge >= 0.3 is 0 Å². The van der Waals surface area contributed by atoms with Crippen LogP contribution in [0.25, 0.3) is 10.9 Å². The normalized spacial score (nSPS) is 12.3. The molecule has 2 aromatic carbocycles. The number of hydrogen-bond donors (Lipinski definition) is 0. The van der Waals surface area contributed by atoms with E-state index in [0.29, 0.717) is 33.3 Å². The van der Waals surface area contributed by atoms with Crippen molar-refractivity contribution >= 4 is 34.3 Å². The Hall–Kier alpha value is -3.72. The van der Waals surface area contributed by atoms with Crippen molar-refractivity contribution in [2.45, 2.75) is 11.7 Å². The summed E-state index contributed by atoms with van der Waals surface area (Å²) in [6.07, 6.45) is 1.55. The lowest BCUT2D eigenvalue weighted by atomic mass is 10.2. The molecular formula is C23H19N3O5S. The van der Waals surface area contributed by atoms with Crippen LogP contribution in [0, 0.1) is 0 Å². The lowest BCUT2D eigenvalue weighted by molar-refractivity contribution is -0.115. The summed E-state index contributed by atoms with van der Waals surface area (Å²) >= 11 is 1.21. The van der Waals surface area contributed by atoms with Gasteiger partial charge in [-0.2, -0.15) is 0 Å². The molecule has 32 heavy (non-hydrogen) atoms. The Bertz CT molecular complexity index is 1340. The van der Waals surface area contributed by atoms with Crippen molar-refractivity contribution in [1.29, 1.82) is 0 Å². The lowest BCUT2D eigenvalue weighted by Crippen LogP contribution is -2.29. The van der Waals surface area contributed by atoms with Crippen LogP contribution in [0.3, 0.4) is 0 Å². The van der Waals surface area contributed by atoms with Gasteiger partial charge in [0.25, 0.3) is 5.56 Å². The Kier molecular flexibility index (Phi) is 5.32. The van der Waals surface area contributed by atoms with E-state index in [4.69, 9.17) is 13.9 Å². The molecule has 162 valence electrons. The van der Waals surface area contributed by atoms with E-state index in [-0.39, 0.29) is 30.6 Å². The van der Waals surface area contributed by atoms with Crippen molar-refractivity contribution in [1.82, 2.24) is 9.55 Å². The van der Waals surface area contributed by atoms with Crippen LogP contribution in [-0.4, -0.2) is 35.1 Å². The van der Waals surface area contributed by atoms with Crippen molar-refractivity contribution in [3.05, 3.63) is 77.0 Å². The van der Waals surface area contributed by atoms with Crippen molar-refractivity contribution in [2.75, 3.05) is 24.5 Å². The summed E-state index contributed by atoms with van der Waals surface area (Å²) < 4.78 is 17.8. The molecule has 1 aliphatic rings. The van der Waals surface area contributed by atoms with E-state index < -0.39 is 0 Å². The number of carbonyl (C=O) groups is 1. The Morgan fingerprint density at radius 3 is 2.66 bits per heavy atom. The third-order valence-corrected chi connectivity index (χ3v) is 6.11. The molecule has 0 saturated carbocycles. The number of fused-ring (bicyclic) bond motifs is 2. The van der Waals surface area contributed by atoms with Gasteiger partial charge in [-0.05, 0) is 30.3 Å². The Morgan fingerprint density at radius 2 is 1.91 bits per heavy atom. The number of amides is 1. The van der Waals surface area contributed by atoms with E-state index in [1.54, 1.807) is 42.5 Å². The fourth-order valence-corrected chi connectivity index (χ4v) is 4.33. The van der Waals surface area contributed by atoms with Gasteiger partial charge in [-0.1, -0.05) is 30.0 Å². The van der Waals surface area contributed by atoms with E-state index in [1.807, 2.05) is 30.3 Å². The predicted molar refractivity (Wildman–Crippen MR) is 121 cm³/mol. The van der Waals surface area contributed by atoms with Crippen LogP contribution in [0.4, 0.5) is 5.69 Å². The van der Waals surface area contributed by atoms with Gasteiger partial charge in [0.15, 0.2) is 16.7 Å². The molecule has 0 N–H and O–H groups in total. The van der Waals surface area contributed by atoms with Crippen molar-refractivity contribution < 1.29 is 18.7 Å². The maximum atomic E-state index is 13.4. The van der Waals surface area contributed by atoms with Crippen molar-refractivity contribution in [2.24, 2.45) is 0 Å². The first-order chi connectivity index (χ1) is 15.6. The van der Waals surface area contributed by atoms with Gasteiger partial charge in [0, 0.05) is 18.8 Å². The van der Waals surface area contributed by atoms with Crippen molar-refractivity contribution in [3.63, 3.8) is 0 Å². The number of aromatic nitrogens is 2. The van der Waals surface area contributed by atoms with Gasteiger partial charge in [-0.3, -0.25) is 14.2 Å². The summed E-state index contributed by atoms with van der Waals surface area (Å²) in [5.41, 5.74) is 1.04. The molecule has 1 aliphatic heterocycles. The molecule has 1 amide bonds. The lowest BCUT2D eigenvalue weighted by Gasteiger charge is -2.18. The number of benzene rings is 2. The highest BCUT2D eigenvalue weighted by atomic mass is 32.2. The van der Waals surface area contributed by atoms with E-state index in [9.17, 15) is 9.59 Å². The second-order valence-corrected chi connectivity index (χ2v) is 8.11. The molecule has 0 aliphatic carbocycles. The highest BCUT2D eigenvalue weighted by Gasteiger charge is 2.21. The summed E-state index contributed by atoms with van der Waals surface area (Å²) in [6.45, 7) is 0.308.